The molecule has 1 atom stereocenters. The molecule has 2 heterocycles. The quantitative estimate of drug-likeness (QED) is 0.846. The molecule has 1 aromatic rings. The number of nitrogens with one attached hydrogen (secondary N) is 1. The highest BCUT2D eigenvalue weighted by molar-refractivity contribution is 5.42. The summed E-state index contributed by atoms with van der Waals surface area (Å²) in [4.78, 5) is 7.06. The predicted molar refractivity (Wildman–Crippen MR) is 88.1 cm³/mol. The minimum atomic E-state index is 0.151. The van der Waals surface area contributed by atoms with E-state index in [1.54, 1.807) is 0 Å². The predicted octanol–water partition coefficient (Wildman–Crippen LogP) is 2.58. The largest absolute Gasteiger partial charge is 0.377 e. The van der Waals surface area contributed by atoms with Gasteiger partial charge in [0.1, 0.15) is 5.82 Å². The maximum atomic E-state index is 5.63. The summed E-state index contributed by atoms with van der Waals surface area (Å²) in [5.74, 6) is 1.06. The van der Waals surface area contributed by atoms with E-state index in [2.05, 4.69) is 55.0 Å². The topological polar surface area (TPSA) is 37.4 Å². The molecule has 1 aliphatic rings. The molecule has 1 unspecified atom stereocenters. The van der Waals surface area contributed by atoms with Gasteiger partial charge in [0.2, 0.25) is 0 Å². The van der Waals surface area contributed by atoms with E-state index in [0.717, 1.165) is 45.1 Å². The molecular formula is C17H29N3O. The summed E-state index contributed by atoms with van der Waals surface area (Å²) in [7, 11) is 0. The summed E-state index contributed by atoms with van der Waals surface area (Å²) in [5, 5.41) is 3.49. The summed E-state index contributed by atoms with van der Waals surface area (Å²) in [6.45, 7) is 13.3. The number of hydrogen-bond acceptors (Lipinski definition) is 4. The molecule has 0 aliphatic carbocycles. The molecule has 0 radical (unpaired) electrons. The summed E-state index contributed by atoms with van der Waals surface area (Å²) in [6, 6.07) is 4.73. The van der Waals surface area contributed by atoms with Gasteiger partial charge in [0.05, 0.1) is 19.3 Å². The Bertz CT molecular complexity index is 425. The standard InChI is InChI=1S/C17H29N3O/c1-5-8-18-12-15-13-21-10-9-20(15)16-7-6-14(11-19-16)17(2,3)4/h6-7,11,15,18H,5,8-10,12-13H2,1-4H3. The average Bonchev–Trinajstić information content (AvgIpc) is 2.47. The molecule has 0 amide bonds. The first-order valence-electron chi connectivity index (χ1n) is 8.04. The number of anilines is 1. The third-order valence-electron chi connectivity index (χ3n) is 3.94. The first-order chi connectivity index (χ1) is 10.0. The Morgan fingerprint density at radius 3 is 2.81 bits per heavy atom. The molecule has 0 saturated carbocycles. The van der Waals surface area contributed by atoms with Crippen LogP contribution in [0.4, 0.5) is 5.82 Å². The molecule has 4 nitrogen and oxygen atoms in total. The van der Waals surface area contributed by atoms with Crippen molar-refractivity contribution in [1.29, 1.82) is 0 Å². The third-order valence-corrected chi connectivity index (χ3v) is 3.94. The van der Waals surface area contributed by atoms with Crippen LogP contribution in [0.5, 0.6) is 0 Å². The van der Waals surface area contributed by atoms with Crippen molar-refractivity contribution >= 4 is 5.82 Å². The molecule has 2 rings (SSSR count). The van der Waals surface area contributed by atoms with Crippen molar-refractivity contribution in [3.63, 3.8) is 0 Å². The van der Waals surface area contributed by atoms with Gasteiger partial charge >= 0.3 is 0 Å². The Morgan fingerprint density at radius 2 is 2.19 bits per heavy atom. The highest BCUT2D eigenvalue weighted by Gasteiger charge is 2.24. The van der Waals surface area contributed by atoms with Crippen LogP contribution in [0.25, 0.3) is 0 Å². The Morgan fingerprint density at radius 1 is 1.38 bits per heavy atom. The van der Waals surface area contributed by atoms with E-state index in [1.807, 2.05) is 6.20 Å². The smallest absolute Gasteiger partial charge is 0.128 e. The molecule has 4 heteroatoms. The number of hydrogen-bond donors (Lipinski definition) is 1. The highest BCUT2D eigenvalue weighted by atomic mass is 16.5. The Labute approximate surface area is 128 Å². The van der Waals surface area contributed by atoms with Crippen molar-refractivity contribution in [3.05, 3.63) is 23.9 Å². The third kappa shape index (κ3) is 4.42. The summed E-state index contributed by atoms with van der Waals surface area (Å²) in [5.41, 5.74) is 1.43. The minimum Gasteiger partial charge on any atom is -0.377 e. The molecule has 21 heavy (non-hydrogen) atoms. The lowest BCUT2D eigenvalue weighted by atomic mass is 9.88. The molecule has 1 aliphatic heterocycles. The maximum Gasteiger partial charge on any atom is 0.128 e. The Balaban J connectivity index is 2.06. The van der Waals surface area contributed by atoms with E-state index in [-0.39, 0.29) is 5.41 Å². The maximum absolute atomic E-state index is 5.63. The number of morpholine rings is 1. The average molecular weight is 291 g/mol. The van der Waals surface area contributed by atoms with Crippen LogP contribution in [-0.2, 0) is 10.2 Å². The van der Waals surface area contributed by atoms with E-state index in [1.165, 1.54) is 5.56 Å². The van der Waals surface area contributed by atoms with Gasteiger partial charge in [0.15, 0.2) is 0 Å². The fraction of sp³-hybridized carbons (Fsp3) is 0.706. The lowest BCUT2D eigenvalue weighted by Crippen LogP contribution is -2.51. The van der Waals surface area contributed by atoms with Crippen molar-refractivity contribution in [2.45, 2.75) is 45.6 Å². The van der Waals surface area contributed by atoms with Gasteiger partial charge in [0, 0.05) is 19.3 Å². The monoisotopic (exact) mass is 291 g/mol. The van der Waals surface area contributed by atoms with E-state index in [0.29, 0.717) is 6.04 Å². The van der Waals surface area contributed by atoms with Gasteiger partial charge in [-0.2, -0.15) is 0 Å². The minimum absolute atomic E-state index is 0.151. The van der Waals surface area contributed by atoms with Crippen LogP contribution in [0.2, 0.25) is 0 Å². The second-order valence-electron chi connectivity index (χ2n) is 6.78. The Hall–Kier alpha value is -1.13. The number of nitrogens with zero attached hydrogens (tertiary/aromatic N) is 2. The summed E-state index contributed by atoms with van der Waals surface area (Å²) < 4.78 is 5.63. The number of aromatic nitrogens is 1. The molecule has 0 bridgehead atoms. The number of rotatable bonds is 5. The molecule has 1 aromatic heterocycles. The van der Waals surface area contributed by atoms with E-state index < -0.39 is 0 Å². The molecule has 1 N–H and O–H groups in total. The van der Waals surface area contributed by atoms with Gasteiger partial charge in [-0.15, -0.1) is 0 Å². The van der Waals surface area contributed by atoms with Crippen LogP contribution in [0, 0.1) is 0 Å². The van der Waals surface area contributed by atoms with Gasteiger partial charge < -0.3 is 15.0 Å². The van der Waals surface area contributed by atoms with Crippen LogP contribution in [0.15, 0.2) is 18.3 Å². The first-order valence-corrected chi connectivity index (χ1v) is 8.04. The van der Waals surface area contributed by atoms with E-state index >= 15 is 0 Å². The summed E-state index contributed by atoms with van der Waals surface area (Å²) >= 11 is 0. The van der Waals surface area contributed by atoms with Gasteiger partial charge in [0.25, 0.3) is 0 Å². The molecule has 1 fully saturated rings. The van der Waals surface area contributed by atoms with Crippen molar-refractivity contribution in [2.75, 3.05) is 37.7 Å². The second kappa shape index (κ2) is 7.23. The van der Waals surface area contributed by atoms with Gasteiger partial charge in [-0.25, -0.2) is 4.98 Å². The van der Waals surface area contributed by atoms with Crippen LogP contribution in [0.3, 0.4) is 0 Å². The van der Waals surface area contributed by atoms with Gasteiger partial charge in [-0.3, -0.25) is 0 Å². The lowest BCUT2D eigenvalue weighted by Gasteiger charge is -2.37. The SMILES string of the molecule is CCCNCC1COCCN1c1ccc(C(C)(C)C)cn1. The van der Waals surface area contributed by atoms with Gasteiger partial charge in [-0.05, 0) is 30.0 Å². The fourth-order valence-corrected chi connectivity index (χ4v) is 2.57. The second-order valence-corrected chi connectivity index (χ2v) is 6.78. The van der Waals surface area contributed by atoms with Crippen LogP contribution in [-0.4, -0.2) is 43.9 Å². The first kappa shape index (κ1) is 16.2. The van der Waals surface area contributed by atoms with Crippen LogP contribution in [0.1, 0.15) is 39.7 Å². The van der Waals surface area contributed by atoms with Crippen LogP contribution < -0.4 is 10.2 Å². The van der Waals surface area contributed by atoms with Crippen molar-refractivity contribution < 1.29 is 4.74 Å². The summed E-state index contributed by atoms with van der Waals surface area (Å²) in [6.07, 6.45) is 3.17. The van der Waals surface area contributed by atoms with Crippen molar-refractivity contribution in [1.82, 2.24) is 10.3 Å². The number of pyridine rings is 1. The molecule has 1 saturated heterocycles. The van der Waals surface area contributed by atoms with Crippen molar-refractivity contribution in [3.8, 4) is 0 Å². The van der Waals surface area contributed by atoms with Crippen molar-refractivity contribution in [2.24, 2.45) is 0 Å². The molecular weight excluding hydrogens is 262 g/mol. The lowest BCUT2D eigenvalue weighted by molar-refractivity contribution is 0.0934. The zero-order valence-electron chi connectivity index (χ0n) is 13.9. The molecule has 118 valence electrons. The zero-order chi connectivity index (χ0) is 15.3. The highest BCUT2D eigenvalue weighted by Crippen LogP contribution is 2.24. The van der Waals surface area contributed by atoms with E-state index in [4.69, 9.17) is 4.74 Å². The molecule has 0 spiro atoms. The van der Waals surface area contributed by atoms with E-state index in [9.17, 15) is 0 Å². The normalized spacial score (nSPS) is 19.8. The number of ether oxygens (including phenoxy) is 1. The zero-order valence-corrected chi connectivity index (χ0v) is 13.9. The Kier molecular flexibility index (Phi) is 5.59. The van der Waals surface area contributed by atoms with Crippen LogP contribution >= 0.6 is 0 Å². The molecule has 0 aromatic carbocycles. The fourth-order valence-electron chi connectivity index (χ4n) is 2.57. The van der Waals surface area contributed by atoms with Gasteiger partial charge in [-0.1, -0.05) is 33.8 Å².